The van der Waals surface area contributed by atoms with Crippen LogP contribution in [0.25, 0.3) is 11.2 Å². The first-order valence-electron chi connectivity index (χ1n) is 5.86. The van der Waals surface area contributed by atoms with Crippen LogP contribution in [0.15, 0.2) is 6.33 Å². The fourth-order valence-corrected chi connectivity index (χ4v) is 2.11. The van der Waals surface area contributed by atoms with Crippen molar-refractivity contribution in [1.82, 2.24) is 19.5 Å². The van der Waals surface area contributed by atoms with E-state index in [4.69, 9.17) is 17.3 Å². The molecule has 5 nitrogen and oxygen atoms in total. The number of fused-ring (bicyclic) bond motifs is 1. The molecule has 0 bridgehead atoms. The molecule has 2 rings (SSSR count). The minimum Gasteiger partial charge on any atom is -0.368 e. The number of anilines is 1. The van der Waals surface area contributed by atoms with Gasteiger partial charge in [0.1, 0.15) is 5.52 Å². The molecule has 0 aliphatic heterocycles. The second kappa shape index (κ2) is 5.31. The van der Waals surface area contributed by atoms with E-state index in [1.807, 2.05) is 4.57 Å². The number of imidazole rings is 1. The molecule has 2 aromatic rings. The Morgan fingerprint density at radius 1 is 1.29 bits per heavy atom. The van der Waals surface area contributed by atoms with Gasteiger partial charge in [-0.15, -0.1) is 0 Å². The van der Waals surface area contributed by atoms with Crippen LogP contribution in [-0.2, 0) is 6.54 Å². The second-order valence-electron chi connectivity index (χ2n) is 4.04. The third kappa shape index (κ3) is 2.66. The van der Waals surface area contributed by atoms with Crippen molar-refractivity contribution in [2.45, 2.75) is 39.2 Å². The van der Waals surface area contributed by atoms with Crippen molar-refractivity contribution < 1.29 is 0 Å². The number of rotatable bonds is 5. The van der Waals surface area contributed by atoms with Gasteiger partial charge >= 0.3 is 0 Å². The van der Waals surface area contributed by atoms with E-state index in [2.05, 4.69) is 21.9 Å². The second-order valence-corrected chi connectivity index (χ2v) is 4.40. The van der Waals surface area contributed by atoms with Crippen molar-refractivity contribution in [3.8, 4) is 0 Å². The van der Waals surface area contributed by atoms with Gasteiger partial charge in [-0.05, 0) is 6.42 Å². The van der Waals surface area contributed by atoms with Crippen molar-refractivity contribution >= 4 is 28.7 Å². The van der Waals surface area contributed by atoms with Crippen LogP contribution >= 0.6 is 11.6 Å². The molecule has 0 spiro atoms. The Hall–Kier alpha value is -1.36. The number of nitrogens with zero attached hydrogens (tertiary/aromatic N) is 4. The molecule has 0 amide bonds. The van der Waals surface area contributed by atoms with Gasteiger partial charge in [-0.3, -0.25) is 0 Å². The van der Waals surface area contributed by atoms with Gasteiger partial charge in [0.25, 0.3) is 0 Å². The summed E-state index contributed by atoms with van der Waals surface area (Å²) in [4.78, 5) is 12.2. The van der Waals surface area contributed by atoms with E-state index in [1.54, 1.807) is 6.33 Å². The molecule has 2 N–H and O–H groups in total. The highest BCUT2D eigenvalue weighted by molar-refractivity contribution is 6.33. The first kappa shape index (κ1) is 12.1. The first-order chi connectivity index (χ1) is 8.22. The Morgan fingerprint density at radius 2 is 2.12 bits per heavy atom. The van der Waals surface area contributed by atoms with Crippen molar-refractivity contribution in [1.29, 1.82) is 0 Å². The summed E-state index contributed by atoms with van der Waals surface area (Å²) in [5.41, 5.74) is 6.86. The number of nitrogen functional groups attached to an aromatic ring is 1. The highest BCUT2D eigenvalue weighted by Gasteiger charge is 2.10. The van der Waals surface area contributed by atoms with E-state index < -0.39 is 0 Å². The highest BCUT2D eigenvalue weighted by atomic mass is 35.5. The normalized spacial score (nSPS) is 11.2. The molecule has 0 aliphatic rings. The quantitative estimate of drug-likeness (QED) is 0.657. The molecular weight excluding hydrogens is 238 g/mol. The van der Waals surface area contributed by atoms with Crippen molar-refractivity contribution in [2.75, 3.05) is 5.73 Å². The van der Waals surface area contributed by atoms with Crippen LogP contribution in [0.1, 0.15) is 32.6 Å². The summed E-state index contributed by atoms with van der Waals surface area (Å²) in [6, 6.07) is 0. The third-order valence-electron chi connectivity index (χ3n) is 2.70. The number of unbranched alkanes of at least 4 members (excludes halogenated alkanes) is 3. The molecule has 0 unspecified atom stereocenters. The lowest BCUT2D eigenvalue weighted by molar-refractivity contribution is 0.591. The fourth-order valence-electron chi connectivity index (χ4n) is 1.83. The van der Waals surface area contributed by atoms with Gasteiger partial charge in [-0.25, -0.2) is 4.98 Å². The van der Waals surface area contributed by atoms with E-state index in [1.165, 1.54) is 19.3 Å². The summed E-state index contributed by atoms with van der Waals surface area (Å²) < 4.78 is 1.99. The molecule has 92 valence electrons. The largest absolute Gasteiger partial charge is 0.368 e. The van der Waals surface area contributed by atoms with Crippen molar-refractivity contribution in [2.24, 2.45) is 0 Å². The summed E-state index contributed by atoms with van der Waals surface area (Å²) in [6.45, 7) is 3.09. The van der Waals surface area contributed by atoms with Crippen molar-refractivity contribution in [3.63, 3.8) is 0 Å². The molecule has 0 aromatic carbocycles. The highest BCUT2D eigenvalue weighted by Crippen LogP contribution is 2.20. The van der Waals surface area contributed by atoms with E-state index in [0.29, 0.717) is 10.8 Å². The predicted molar refractivity (Wildman–Crippen MR) is 68.9 cm³/mol. The van der Waals surface area contributed by atoms with E-state index >= 15 is 0 Å². The van der Waals surface area contributed by atoms with Gasteiger partial charge in [0.05, 0.1) is 6.33 Å². The Balaban J connectivity index is 2.18. The van der Waals surface area contributed by atoms with Gasteiger partial charge in [-0.1, -0.05) is 37.8 Å². The maximum Gasteiger partial charge on any atom is 0.223 e. The molecule has 17 heavy (non-hydrogen) atoms. The van der Waals surface area contributed by atoms with E-state index in [9.17, 15) is 0 Å². The summed E-state index contributed by atoms with van der Waals surface area (Å²) in [6.07, 6.45) is 6.55. The topological polar surface area (TPSA) is 69.6 Å². The van der Waals surface area contributed by atoms with Crippen LogP contribution in [0, 0.1) is 0 Å². The molecule has 0 saturated carbocycles. The zero-order chi connectivity index (χ0) is 12.3. The molecule has 0 radical (unpaired) electrons. The number of nitrogens with two attached hydrogens (primary N) is 1. The maximum absolute atomic E-state index is 6.06. The lowest BCUT2D eigenvalue weighted by atomic mass is 10.2. The zero-order valence-electron chi connectivity index (χ0n) is 9.86. The minimum absolute atomic E-state index is 0.165. The SMILES string of the molecule is CCCCCCn1cnc2nc(N)nc(Cl)c21. The maximum atomic E-state index is 6.06. The van der Waals surface area contributed by atoms with E-state index in [-0.39, 0.29) is 5.95 Å². The molecular formula is C11H16ClN5. The summed E-state index contributed by atoms with van der Waals surface area (Å²) in [5.74, 6) is 0.165. The van der Waals surface area contributed by atoms with Gasteiger partial charge in [0.2, 0.25) is 5.95 Å². The van der Waals surface area contributed by atoms with Crippen LogP contribution in [0.5, 0.6) is 0 Å². The van der Waals surface area contributed by atoms with Crippen LogP contribution in [-0.4, -0.2) is 19.5 Å². The third-order valence-corrected chi connectivity index (χ3v) is 2.96. The monoisotopic (exact) mass is 253 g/mol. The zero-order valence-corrected chi connectivity index (χ0v) is 10.6. The van der Waals surface area contributed by atoms with E-state index in [0.717, 1.165) is 18.5 Å². The van der Waals surface area contributed by atoms with Crippen LogP contribution < -0.4 is 5.73 Å². The molecule has 0 aliphatic carbocycles. The first-order valence-corrected chi connectivity index (χ1v) is 6.24. The number of aryl methyl sites for hydroxylation is 1. The lowest BCUT2D eigenvalue weighted by Crippen LogP contribution is -2.00. The van der Waals surface area contributed by atoms with Gasteiger partial charge in [-0.2, -0.15) is 9.97 Å². The predicted octanol–water partition coefficient (Wildman–Crippen LogP) is 2.64. The Morgan fingerprint density at radius 3 is 2.88 bits per heavy atom. The number of aromatic nitrogens is 4. The molecule has 0 fully saturated rings. The van der Waals surface area contributed by atoms with Gasteiger partial charge in [0, 0.05) is 6.54 Å². The Kier molecular flexibility index (Phi) is 3.78. The van der Waals surface area contributed by atoms with Crippen LogP contribution in [0.2, 0.25) is 5.15 Å². The summed E-state index contributed by atoms with van der Waals surface area (Å²) in [7, 11) is 0. The Labute approximate surface area is 105 Å². The molecule has 0 saturated heterocycles. The summed E-state index contributed by atoms with van der Waals surface area (Å²) in [5, 5.41) is 0.375. The standard InChI is InChI=1S/C11H16ClN5/c1-2-3-4-5-6-17-7-14-10-8(17)9(12)15-11(13)16-10/h7H,2-6H2,1H3,(H2,13,15,16). The average molecular weight is 254 g/mol. The minimum atomic E-state index is 0.165. The van der Waals surface area contributed by atoms with Crippen LogP contribution in [0.3, 0.4) is 0 Å². The Bertz CT molecular complexity index is 508. The van der Waals surface area contributed by atoms with Crippen LogP contribution in [0.4, 0.5) is 5.95 Å². The molecule has 2 heterocycles. The summed E-state index contributed by atoms with van der Waals surface area (Å²) >= 11 is 6.06. The molecule has 6 heteroatoms. The average Bonchev–Trinajstić information content (AvgIpc) is 2.68. The van der Waals surface area contributed by atoms with Gasteiger partial charge < -0.3 is 10.3 Å². The van der Waals surface area contributed by atoms with Gasteiger partial charge in [0.15, 0.2) is 10.8 Å². The number of halogens is 1. The molecule has 0 atom stereocenters. The lowest BCUT2D eigenvalue weighted by Gasteiger charge is -2.04. The smallest absolute Gasteiger partial charge is 0.223 e. The number of hydrogen-bond donors (Lipinski definition) is 1. The van der Waals surface area contributed by atoms with Crippen molar-refractivity contribution in [3.05, 3.63) is 11.5 Å². The number of hydrogen-bond acceptors (Lipinski definition) is 4. The fraction of sp³-hybridized carbons (Fsp3) is 0.545. The molecule has 2 aromatic heterocycles.